The molecule has 0 bridgehead atoms. The minimum absolute atomic E-state index is 0.483. The second-order valence-electron chi connectivity index (χ2n) is 5.96. The average Bonchev–Trinajstić information content (AvgIpc) is 2.54. The van der Waals surface area contributed by atoms with Crippen LogP contribution in [0.3, 0.4) is 0 Å². The Labute approximate surface area is 94.4 Å². The normalized spacial score (nSPS) is 37.0. The highest BCUT2D eigenvalue weighted by Crippen LogP contribution is 2.40. The lowest BCUT2D eigenvalue weighted by molar-refractivity contribution is 0.126. The van der Waals surface area contributed by atoms with Crippen LogP contribution in [0.5, 0.6) is 0 Å². The number of hydrogen-bond acceptors (Lipinski definition) is 2. The first kappa shape index (κ1) is 11.4. The number of nitrogens with zero attached hydrogens (tertiary/aromatic N) is 1. The highest BCUT2D eigenvalue weighted by Gasteiger charge is 2.43. The molecular weight excluding hydrogens is 184 g/mol. The lowest BCUT2D eigenvalue weighted by Crippen LogP contribution is -2.51. The van der Waals surface area contributed by atoms with Gasteiger partial charge in [-0.1, -0.05) is 20.3 Å². The second kappa shape index (κ2) is 4.42. The van der Waals surface area contributed by atoms with Crippen molar-refractivity contribution in [1.29, 1.82) is 0 Å². The van der Waals surface area contributed by atoms with Gasteiger partial charge in [-0.15, -0.1) is 0 Å². The largest absolute Gasteiger partial charge is 0.315 e. The molecule has 1 saturated carbocycles. The molecular formula is C13H26N2. The van der Waals surface area contributed by atoms with Crippen molar-refractivity contribution in [2.24, 2.45) is 5.41 Å². The fourth-order valence-electron chi connectivity index (χ4n) is 3.59. The van der Waals surface area contributed by atoms with Crippen LogP contribution in [-0.4, -0.2) is 37.1 Å². The zero-order valence-corrected chi connectivity index (χ0v) is 10.6. The summed E-state index contributed by atoms with van der Waals surface area (Å²) in [7, 11) is 2.13. The van der Waals surface area contributed by atoms with Gasteiger partial charge < -0.3 is 5.32 Å². The number of likely N-dealkylation sites (N-methyl/N-ethyl adjacent to an activating group) is 1. The molecule has 2 heteroatoms. The van der Waals surface area contributed by atoms with E-state index in [0.29, 0.717) is 11.5 Å². The van der Waals surface area contributed by atoms with Crippen molar-refractivity contribution >= 4 is 0 Å². The van der Waals surface area contributed by atoms with E-state index in [1.807, 2.05) is 0 Å². The summed E-state index contributed by atoms with van der Waals surface area (Å²) in [5.41, 5.74) is 0.483. The minimum atomic E-state index is 0.483. The molecule has 1 aliphatic heterocycles. The van der Waals surface area contributed by atoms with Gasteiger partial charge in [-0.25, -0.2) is 0 Å². The molecule has 0 aromatic rings. The van der Waals surface area contributed by atoms with Gasteiger partial charge in [0, 0.05) is 12.1 Å². The molecule has 1 aliphatic carbocycles. The van der Waals surface area contributed by atoms with Crippen LogP contribution in [0.2, 0.25) is 0 Å². The van der Waals surface area contributed by atoms with E-state index in [0.717, 1.165) is 6.04 Å². The van der Waals surface area contributed by atoms with Gasteiger partial charge in [-0.05, 0) is 51.2 Å². The van der Waals surface area contributed by atoms with E-state index >= 15 is 0 Å². The molecule has 2 nitrogen and oxygen atoms in total. The number of likely N-dealkylation sites (tertiary alicyclic amines) is 1. The highest BCUT2D eigenvalue weighted by molar-refractivity contribution is 5.00. The van der Waals surface area contributed by atoms with Gasteiger partial charge in [0.25, 0.3) is 0 Å². The molecule has 0 aromatic heterocycles. The Hall–Kier alpha value is -0.0800. The molecule has 2 atom stereocenters. The molecule has 0 radical (unpaired) electrons. The lowest BCUT2D eigenvalue weighted by Gasteiger charge is -2.39. The van der Waals surface area contributed by atoms with Crippen LogP contribution in [0.15, 0.2) is 0 Å². The maximum atomic E-state index is 3.56. The molecule has 2 unspecified atom stereocenters. The predicted octanol–water partition coefficient (Wildman–Crippen LogP) is 2.25. The van der Waals surface area contributed by atoms with Gasteiger partial charge in [0.05, 0.1) is 0 Å². The van der Waals surface area contributed by atoms with Gasteiger partial charge in [-0.3, -0.25) is 4.90 Å². The molecule has 0 aromatic carbocycles. The molecule has 88 valence electrons. The van der Waals surface area contributed by atoms with E-state index in [2.05, 4.69) is 31.1 Å². The van der Waals surface area contributed by atoms with Crippen molar-refractivity contribution in [1.82, 2.24) is 10.2 Å². The van der Waals surface area contributed by atoms with Crippen molar-refractivity contribution in [3.8, 4) is 0 Å². The van der Waals surface area contributed by atoms with Crippen LogP contribution >= 0.6 is 0 Å². The van der Waals surface area contributed by atoms with Crippen molar-refractivity contribution in [2.45, 2.75) is 58.0 Å². The van der Waals surface area contributed by atoms with Crippen molar-refractivity contribution < 1.29 is 0 Å². The van der Waals surface area contributed by atoms with Gasteiger partial charge in [0.2, 0.25) is 0 Å². The lowest BCUT2D eigenvalue weighted by atomic mass is 9.86. The summed E-state index contributed by atoms with van der Waals surface area (Å²) >= 11 is 0. The van der Waals surface area contributed by atoms with E-state index in [4.69, 9.17) is 0 Å². The molecule has 2 aliphatic rings. The first-order valence-corrected chi connectivity index (χ1v) is 6.56. The zero-order chi connectivity index (χ0) is 10.9. The maximum Gasteiger partial charge on any atom is 0.0271 e. The Balaban J connectivity index is 2.02. The topological polar surface area (TPSA) is 15.3 Å². The molecule has 1 N–H and O–H groups in total. The summed E-state index contributed by atoms with van der Waals surface area (Å²) in [5.74, 6) is 0. The summed E-state index contributed by atoms with van der Waals surface area (Å²) in [6.45, 7) is 7.49. The van der Waals surface area contributed by atoms with E-state index < -0.39 is 0 Å². The summed E-state index contributed by atoms with van der Waals surface area (Å²) in [6.07, 6.45) is 7.02. The smallest absolute Gasteiger partial charge is 0.0271 e. The fourth-order valence-corrected chi connectivity index (χ4v) is 3.59. The number of piperidine rings is 1. The minimum Gasteiger partial charge on any atom is -0.315 e. The van der Waals surface area contributed by atoms with E-state index in [9.17, 15) is 0 Å². The maximum absolute atomic E-state index is 3.56. The first-order valence-electron chi connectivity index (χ1n) is 6.56. The second-order valence-corrected chi connectivity index (χ2v) is 5.96. The van der Waals surface area contributed by atoms with E-state index in [1.54, 1.807) is 0 Å². The Bertz CT molecular complexity index is 207. The fraction of sp³-hybridized carbons (Fsp3) is 1.00. The molecule has 0 amide bonds. The van der Waals surface area contributed by atoms with Gasteiger partial charge >= 0.3 is 0 Å². The third-order valence-corrected chi connectivity index (χ3v) is 4.48. The quantitative estimate of drug-likeness (QED) is 0.752. The van der Waals surface area contributed by atoms with Crippen LogP contribution in [0, 0.1) is 5.41 Å². The van der Waals surface area contributed by atoms with Crippen molar-refractivity contribution in [3.05, 3.63) is 0 Å². The van der Waals surface area contributed by atoms with Gasteiger partial charge in [0.1, 0.15) is 0 Å². The van der Waals surface area contributed by atoms with Crippen LogP contribution in [0.1, 0.15) is 46.0 Å². The third kappa shape index (κ3) is 2.21. The predicted molar refractivity (Wildman–Crippen MR) is 65.1 cm³/mol. The number of hydrogen-bond donors (Lipinski definition) is 1. The molecule has 15 heavy (non-hydrogen) atoms. The molecule has 2 fully saturated rings. The number of nitrogens with one attached hydrogen (secondary N) is 1. The standard InChI is InChI=1S/C13H26N2/c1-13(2)8-7-11(12(13)14-3)15-9-5-4-6-10-15/h11-12,14H,4-10H2,1-3H3. The summed E-state index contributed by atoms with van der Waals surface area (Å²) < 4.78 is 0. The SMILES string of the molecule is CNC1C(N2CCCCC2)CCC1(C)C. The van der Waals surface area contributed by atoms with E-state index in [1.165, 1.54) is 45.2 Å². The Morgan fingerprint density at radius 1 is 1.13 bits per heavy atom. The van der Waals surface area contributed by atoms with E-state index in [-0.39, 0.29) is 0 Å². The third-order valence-electron chi connectivity index (χ3n) is 4.48. The highest BCUT2D eigenvalue weighted by atomic mass is 15.2. The summed E-state index contributed by atoms with van der Waals surface area (Å²) in [5, 5.41) is 3.56. The molecule has 0 spiro atoms. The van der Waals surface area contributed by atoms with Crippen LogP contribution in [0.25, 0.3) is 0 Å². The molecule has 1 heterocycles. The number of rotatable bonds is 2. The van der Waals surface area contributed by atoms with Crippen molar-refractivity contribution in [3.63, 3.8) is 0 Å². The Morgan fingerprint density at radius 2 is 1.80 bits per heavy atom. The Morgan fingerprint density at radius 3 is 2.40 bits per heavy atom. The van der Waals surface area contributed by atoms with Gasteiger partial charge in [-0.2, -0.15) is 0 Å². The summed E-state index contributed by atoms with van der Waals surface area (Å²) in [4.78, 5) is 2.74. The first-order chi connectivity index (χ1) is 7.15. The molecule has 1 saturated heterocycles. The zero-order valence-electron chi connectivity index (χ0n) is 10.6. The van der Waals surface area contributed by atoms with Crippen LogP contribution in [0.4, 0.5) is 0 Å². The summed E-state index contributed by atoms with van der Waals surface area (Å²) in [6, 6.07) is 1.49. The van der Waals surface area contributed by atoms with Crippen LogP contribution in [-0.2, 0) is 0 Å². The van der Waals surface area contributed by atoms with Crippen molar-refractivity contribution in [2.75, 3.05) is 20.1 Å². The average molecular weight is 210 g/mol. The molecule has 2 rings (SSSR count). The monoisotopic (exact) mass is 210 g/mol. The van der Waals surface area contributed by atoms with Crippen LogP contribution < -0.4 is 5.32 Å². The van der Waals surface area contributed by atoms with Gasteiger partial charge in [0.15, 0.2) is 0 Å². The Kier molecular flexibility index (Phi) is 3.36.